The zero-order chi connectivity index (χ0) is 22.3. The van der Waals surface area contributed by atoms with Crippen LogP contribution >= 0.6 is 11.3 Å². The predicted octanol–water partition coefficient (Wildman–Crippen LogP) is 3.81. The zero-order valence-electron chi connectivity index (χ0n) is 17.5. The molecule has 1 aliphatic heterocycles. The average molecular weight is 444 g/mol. The molecule has 162 valence electrons. The Balaban J connectivity index is 1.91. The highest BCUT2D eigenvalue weighted by Crippen LogP contribution is 2.48. The molecule has 1 aromatic heterocycles. The van der Waals surface area contributed by atoms with E-state index in [1.807, 2.05) is 0 Å². The zero-order valence-corrected chi connectivity index (χ0v) is 18.3. The molecule has 7 nitrogen and oxygen atoms in total. The third-order valence-electron chi connectivity index (χ3n) is 5.32. The Hall–Kier alpha value is -3.33. The van der Waals surface area contributed by atoms with E-state index in [-0.39, 0.29) is 23.1 Å². The van der Waals surface area contributed by atoms with E-state index in [9.17, 15) is 14.0 Å². The molecule has 4 rings (SSSR count). The minimum Gasteiger partial charge on any atom is -0.493 e. The Kier molecular flexibility index (Phi) is 5.45. The van der Waals surface area contributed by atoms with Gasteiger partial charge in [-0.3, -0.25) is 19.1 Å². The lowest BCUT2D eigenvalue weighted by Crippen LogP contribution is -2.34. The summed E-state index contributed by atoms with van der Waals surface area (Å²) < 4.78 is 31.6. The molecule has 0 bridgehead atoms. The Labute approximate surface area is 182 Å². The molecule has 0 N–H and O–H groups in total. The second-order valence-corrected chi connectivity index (χ2v) is 8.03. The monoisotopic (exact) mass is 444 g/mol. The average Bonchev–Trinajstić information content (AvgIpc) is 3.06. The van der Waals surface area contributed by atoms with Gasteiger partial charge >= 0.3 is 4.87 Å². The fraction of sp³-hybridized carbons (Fsp3) is 0.273. The number of rotatable bonds is 5. The van der Waals surface area contributed by atoms with Crippen LogP contribution in [-0.2, 0) is 11.8 Å². The van der Waals surface area contributed by atoms with Crippen LogP contribution in [0.25, 0.3) is 0 Å². The first-order valence-corrected chi connectivity index (χ1v) is 10.3. The topological polar surface area (TPSA) is 70.0 Å². The number of aromatic nitrogens is 1. The molecule has 0 aliphatic carbocycles. The van der Waals surface area contributed by atoms with Crippen LogP contribution in [0, 0.1) is 5.82 Å². The fourth-order valence-corrected chi connectivity index (χ4v) is 4.97. The third kappa shape index (κ3) is 3.44. The predicted molar refractivity (Wildman–Crippen MR) is 116 cm³/mol. The number of amides is 1. The number of anilines is 2. The first kappa shape index (κ1) is 20.9. The normalized spacial score (nSPS) is 15.6. The number of halogens is 1. The van der Waals surface area contributed by atoms with Crippen molar-refractivity contribution < 1.29 is 23.4 Å². The van der Waals surface area contributed by atoms with Crippen molar-refractivity contribution in [3.05, 3.63) is 62.3 Å². The third-order valence-corrected chi connectivity index (χ3v) is 6.46. The second kappa shape index (κ2) is 8.07. The minimum atomic E-state index is -0.459. The second-order valence-electron chi connectivity index (χ2n) is 7.04. The van der Waals surface area contributed by atoms with Crippen molar-refractivity contribution in [3.63, 3.8) is 0 Å². The van der Waals surface area contributed by atoms with E-state index in [0.29, 0.717) is 33.6 Å². The van der Waals surface area contributed by atoms with Gasteiger partial charge in [-0.15, -0.1) is 0 Å². The highest BCUT2D eigenvalue weighted by atomic mass is 32.1. The summed E-state index contributed by atoms with van der Waals surface area (Å²) in [4.78, 5) is 27.7. The first-order valence-electron chi connectivity index (χ1n) is 9.47. The number of benzene rings is 2. The van der Waals surface area contributed by atoms with E-state index in [1.165, 1.54) is 49.0 Å². The molecule has 1 amide bonds. The molecule has 0 saturated carbocycles. The number of nitrogens with zero attached hydrogens (tertiary/aromatic N) is 2. The van der Waals surface area contributed by atoms with Crippen molar-refractivity contribution in [1.29, 1.82) is 0 Å². The van der Waals surface area contributed by atoms with E-state index < -0.39 is 5.82 Å². The number of fused-ring (bicyclic) bond motifs is 1. The summed E-state index contributed by atoms with van der Waals surface area (Å²) in [6.07, 6.45) is 0.0993. The molecule has 9 heteroatoms. The number of hydrogen-bond acceptors (Lipinski definition) is 6. The number of ether oxygens (including phenoxy) is 3. The molecular weight excluding hydrogens is 423 g/mol. The molecule has 2 aromatic carbocycles. The summed E-state index contributed by atoms with van der Waals surface area (Å²) in [5.41, 5.74) is 1.13. The van der Waals surface area contributed by atoms with Crippen LogP contribution in [0.1, 0.15) is 22.8 Å². The van der Waals surface area contributed by atoms with Gasteiger partial charge in [0.15, 0.2) is 11.5 Å². The molecule has 1 aliphatic rings. The van der Waals surface area contributed by atoms with E-state index in [4.69, 9.17) is 14.2 Å². The highest BCUT2D eigenvalue weighted by molar-refractivity contribution is 7.10. The molecule has 0 radical (unpaired) electrons. The smallest absolute Gasteiger partial charge is 0.308 e. The van der Waals surface area contributed by atoms with Gasteiger partial charge in [0, 0.05) is 19.4 Å². The largest absolute Gasteiger partial charge is 0.493 e. The fourth-order valence-electron chi connectivity index (χ4n) is 3.88. The maximum absolute atomic E-state index is 13.9. The van der Waals surface area contributed by atoms with Gasteiger partial charge in [-0.1, -0.05) is 17.4 Å². The van der Waals surface area contributed by atoms with Gasteiger partial charge in [0.2, 0.25) is 11.7 Å². The van der Waals surface area contributed by atoms with Crippen LogP contribution in [0.2, 0.25) is 0 Å². The number of hydrogen-bond donors (Lipinski definition) is 0. The Bertz CT molecular complexity index is 1190. The van der Waals surface area contributed by atoms with Gasteiger partial charge in [0.25, 0.3) is 0 Å². The van der Waals surface area contributed by atoms with Crippen LogP contribution < -0.4 is 24.0 Å². The van der Waals surface area contributed by atoms with Gasteiger partial charge in [0.1, 0.15) is 11.6 Å². The van der Waals surface area contributed by atoms with E-state index in [2.05, 4.69) is 0 Å². The number of carbonyl (C=O) groups excluding carboxylic acids is 1. The minimum absolute atomic E-state index is 0.0993. The van der Waals surface area contributed by atoms with Crippen LogP contribution in [0.5, 0.6) is 17.2 Å². The molecule has 0 spiro atoms. The Morgan fingerprint density at radius 1 is 1.03 bits per heavy atom. The van der Waals surface area contributed by atoms with E-state index in [0.717, 1.165) is 16.9 Å². The summed E-state index contributed by atoms with van der Waals surface area (Å²) in [5, 5.41) is 0. The van der Waals surface area contributed by atoms with Crippen molar-refractivity contribution in [3.8, 4) is 17.2 Å². The van der Waals surface area contributed by atoms with Crippen LogP contribution in [0.4, 0.5) is 15.9 Å². The maximum Gasteiger partial charge on any atom is 0.308 e. The van der Waals surface area contributed by atoms with Crippen LogP contribution in [-0.4, -0.2) is 31.8 Å². The van der Waals surface area contributed by atoms with Crippen molar-refractivity contribution in [2.45, 2.75) is 12.3 Å². The molecule has 1 atom stereocenters. The summed E-state index contributed by atoms with van der Waals surface area (Å²) in [6.45, 7) is 0. The lowest BCUT2D eigenvalue weighted by molar-refractivity contribution is -0.118. The van der Waals surface area contributed by atoms with Crippen LogP contribution in [0.3, 0.4) is 0 Å². The molecular formula is C22H21FN2O5S. The van der Waals surface area contributed by atoms with E-state index >= 15 is 0 Å². The van der Waals surface area contributed by atoms with Crippen LogP contribution in [0.15, 0.2) is 41.2 Å². The molecule has 0 fully saturated rings. The van der Waals surface area contributed by atoms with Gasteiger partial charge < -0.3 is 14.2 Å². The summed E-state index contributed by atoms with van der Waals surface area (Å²) in [5.74, 6) is 0.710. The highest BCUT2D eigenvalue weighted by Gasteiger charge is 2.38. The summed E-state index contributed by atoms with van der Waals surface area (Å²) in [7, 11) is 6.16. The number of thiazole rings is 1. The molecule has 2 heterocycles. The van der Waals surface area contributed by atoms with Crippen molar-refractivity contribution in [1.82, 2.24) is 4.57 Å². The lowest BCUT2D eigenvalue weighted by Gasteiger charge is -2.32. The number of carbonyl (C=O) groups is 1. The van der Waals surface area contributed by atoms with Crippen molar-refractivity contribution >= 4 is 28.7 Å². The molecule has 0 unspecified atom stereocenters. The Morgan fingerprint density at radius 2 is 1.71 bits per heavy atom. The van der Waals surface area contributed by atoms with Gasteiger partial charge in [-0.2, -0.15) is 0 Å². The SMILES string of the molecule is COc1cc([C@H]2CC(=O)N(c3cccc(F)c3)c3c2sc(=O)n3C)cc(OC)c1OC. The molecule has 0 saturated heterocycles. The Morgan fingerprint density at radius 3 is 2.29 bits per heavy atom. The maximum atomic E-state index is 13.9. The molecule has 3 aromatic rings. The first-order chi connectivity index (χ1) is 14.9. The van der Waals surface area contributed by atoms with Gasteiger partial charge in [0.05, 0.1) is 31.9 Å². The standard InChI is InChI=1S/C22H21FN2O5S/c1-24-21-20(31-22(24)27)15(11-18(26)25(21)14-7-5-6-13(23)10-14)12-8-16(28-2)19(30-4)17(9-12)29-3/h5-10,15H,11H2,1-4H3/t15-/m1/s1. The summed E-state index contributed by atoms with van der Waals surface area (Å²) >= 11 is 1.07. The van der Waals surface area contributed by atoms with Crippen molar-refractivity contribution in [2.24, 2.45) is 7.05 Å². The quantitative estimate of drug-likeness (QED) is 0.599. The molecule has 31 heavy (non-hydrogen) atoms. The van der Waals surface area contributed by atoms with Gasteiger partial charge in [-0.05, 0) is 35.9 Å². The van der Waals surface area contributed by atoms with Gasteiger partial charge in [-0.25, -0.2) is 4.39 Å². The number of methoxy groups -OCH3 is 3. The van der Waals surface area contributed by atoms with E-state index in [1.54, 1.807) is 25.2 Å². The lowest BCUT2D eigenvalue weighted by atomic mass is 9.90. The van der Waals surface area contributed by atoms with Crippen molar-refractivity contribution in [2.75, 3.05) is 26.2 Å². The summed E-state index contributed by atoms with van der Waals surface area (Å²) in [6, 6.07) is 9.34.